The van der Waals surface area contributed by atoms with E-state index in [0.717, 1.165) is 0 Å². The van der Waals surface area contributed by atoms with E-state index in [0.29, 0.717) is 6.61 Å². The largest absolute Gasteiger partial charge is 0.710 e. The van der Waals surface area contributed by atoms with Crippen LogP contribution >= 0.6 is 0 Å². The van der Waals surface area contributed by atoms with Gasteiger partial charge in [0.05, 0.1) is 5.56 Å². The Balaban J connectivity index is 2.69. The molecular weight excluding hydrogens is 199 g/mol. The summed E-state index contributed by atoms with van der Waals surface area (Å²) in [5, 5.41) is 17.8. The van der Waals surface area contributed by atoms with Gasteiger partial charge in [-0.1, -0.05) is 6.07 Å². The number of hydrogen-bond donors (Lipinski definition) is 2. The molecule has 0 aromatic heterocycles. The summed E-state index contributed by atoms with van der Waals surface area (Å²) in [5.41, 5.74) is 0.0937. The molecular formula is C9H11BO5. The summed E-state index contributed by atoms with van der Waals surface area (Å²) in [6, 6.07) is 5.80. The quantitative estimate of drug-likeness (QED) is 0.702. The van der Waals surface area contributed by atoms with Crippen LogP contribution in [0.3, 0.4) is 0 Å². The third kappa shape index (κ3) is 3.61. The summed E-state index contributed by atoms with van der Waals surface area (Å²) in [7, 11) is -1.38. The van der Waals surface area contributed by atoms with Gasteiger partial charge in [-0.15, -0.1) is 0 Å². The van der Waals surface area contributed by atoms with Crippen LogP contribution in [0.5, 0.6) is 5.75 Å². The first-order valence-electron chi connectivity index (χ1n) is 4.43. The normalized spacial score (nSPS) is 9.73. The molecule has 0 aliphatic rings. The summed E-state index contributed by atoms with van der Waals surface area (Å²) in [6.07, 6.45) is 0. The van der Waals surface area contributed by atoms with Crippen molar-refractivity contribution in [1.82, 2.24) is 0 Å². The second kappa shape index (κ2) is 5.38. The van der Waals surface area contributed by atoms with Gasteiger partial charge in [0.25, 0.3) is 0 Å². The van der Waals surface area contributed by atoms with Crippen LogP contribution in [0.15, 0.2) is 24.3 Å². The van der Waals surface area contributed by atoms with Crippen LogP contribution in [0, 0.1) is 0 Å². The molecule has 0 radical (unpaired) electrons. The van der Waals surface area contributed by atoms with Crippen molar-refractivity contribution < 1.29 is 24.2 Å². The molecule has 1 rings (SSSR count). The molecule has 0 amide bonds. The van der Waals surface area contributed by atoms with E-state index in [1.54, 1.807) is 6.92 Å². The van der Waals surface area contributed by atoms with E-state index in [9.17, 15) is 4.79 Å². The number of hydrogen-bond acceptors (Lipinski definition) is 4. The Morgan fingerprint density at radius 3 is 2.87 bits per heavy atom. The van der Waals surface area contributed by atoms with Crippen LogP contribution in [-0.4, -0.2) is 30.0 Å². The van der Waals surface area contributed by atoms with Crippen molar-refractivity contribution >= 4 is 13.3 Å². The molecule has 5 nitrogen and oxygen atoms in total. The molecule has 80 valence electrons. The lowest BCUT2D eigenvalue weighted by Gasteiger charge is -2.08. The number of benzene rings is 1. The molecule has 0 unspecified atom stereocenters. The van der Waals surface area contributed by atoms with Gasteiger partial charge in [0.1, 0.15) is 5.75 Å². The van der Waals surface area contributed by atoms with E-state index >= 15 is 0 Å². The Morgan fingerprint density at radius 2 is 2.27 bits per heavy atom. The number of carboxylic acids is 1. The van der Waals surface area contributed by atoms with Crippen LogP contribution in [0.1, 0.15) is 17.3 Å². The average molecular weight is 210 g/mol. The Kier molecular flexibility index (Phi) is 4.14. The molecule has 15 heavy (non-hydrogen) atoms. The lowest BCUT2D eigenvalue weighted by molar-refractivity contribution is 0.0696. The molecule has 0 saturated carbocycles. The van der Waals surface area contributed by atoms with Crippen molar-refractivity contribution in [1.29, 1.82) is 0 Å². The second-order valence-corrected chi connectivity index (χ2v) is 2.71. The van der Waals surface area contributed by atoms with E-state index in [4.69, 9.17) is 19.4 Å². The van der Waals surface area contributed by atoms with Crippen molar-refractivity contribution in [3.8, 4) is 5.75 Å². The molecule has 1 aromatic rings. The molecule has 0 fully saturated rings. The van der Waals surface area contributed by atoms with E-state index < -0.39 is 13.3 Å². The highest BCUT2D eigenvalue weighted by molar-refractivity contribution is 6.35. The first-order chi connectivity index (χ1) is 7.13. The van der Waals surface area contributed by atoms with Crippen molar-refractivity contribution in [2.24, 2.45) is 0 Å². The zero-order chi connectivity index (χ0) is 11.3. The predicted molar refractivity (Wildman–Crippen MR) is 53.6 cm³/mol. The van der Waals surface area contributed by atoms with Gasteiger partial charge < -0.3 is 19.4 Å². The topological polar surface area (TPSA) is 76.0 Å². The van der Waals surface area contributed by atoms with Crippen LogP contribution in [-0.2, 0) is 4.65 Å². The van der Waals surface area contributed by atoms with E-state index in [2.05, 4.69) is 0 Å². The summed E-state index contributed by atoms with van der Waals surface area (Å²) < 4.78 is 9.65. The molecule has 0 atom stereocenters. The van der Waals surface area contributed by atoms with Crippen LogP contribution in [0.25, 0.3) is 0 Å². The van der Waals surface area contributed by atoms with Gasteiger partial charge in [-0.25, -0.2) is 4.79 Å². The molecule has 0 saturated heterocycles. The fraction of sp³-hybridized carbons (Fsp3) is 0.222. The maximum atomic E-state index is 10.6. The second-order valence-electron chi connectivity index (χ2n) is 2.71. The molecule has 0 spiro atoms. The average Bonchev–Trinajstić information content (AvgIpc) is 2.18. The van der Waals surface area contributed by atoms with Gasteiger partial charge >= 0.3 is 13.3 Å². The predicted octanol–water partition coefficient (Wildman–Crippen LogP) is 0.777. The zero-order valence-corrected chi connectivity index (χ0v) is 8.21. The molecule has 6 heteroatoms. The van der Waals surface area contributed by atoms with Crippen molar-refractivity contribution in [3.05, 3.63) is 29.8 Å². The summed E-state index contributed by atoms with van der Waals surface area (Å²) in [4.78, 5) is 10.6. The SMILES string of the molecule is CCOB(O)Oc1cccc(C(=O)O)c1. The van der Waals surface area contributed by atoms with E-state index in [-0.39, 0.29) is 11.3 Å². The molecule has 0 heterocycles. The van der Waals surface area contributed by atoms with Gasteiger partial charge in [0, 0.05) is 6.61 Å². The van der Waals surface area contributed by atoms with Crippen molar-refractivity contribution in [2.45, 2.75) is 6.92 Å². The summed E-state index contributed by atoms with van der Waals surface area (Å²) >= 11 is 0. The Labute approximate surface area is 87.4 Å². The highest BCUT2D eigenvalue weighted by Gasteiger charge is 2.17. The molecule has 0 aliphatic heterocycles. The van der Waals surface area contributed by atoms with E-state index in [1.165, 1.54) is 24.3 Å². The smallest absolute Gasteiger partial charge is 0.512 e. The fourth-order valence-corrected chi connectivity index (χ4v) is 0.995. The summed E-state index contributed by atoms with van der Waals surface area (Å²) in [6.45, 7) is 2.01. The zero-order valence-electron chi connectivity index (χ0n) is 8.21. The van der Waals surface area contributed by atoms with Crippen LogP contribution in [0.2, 0.25) is 0 Å². The lowest BCUT2D eigenvalue weighted by atomic mass is 10.2. The third-order valence-corrected chi connectivity index (χ3v) is 1.63. The fourth-order valence-electron chi connectivity index (χ4n) is 0.995. The minimum absolute atomic E-state index is 0.0937. The maximum absolute atomic E-state index is 10.6. The van der Waals surface area contributed by atoms with Crippen LogP contribution < -0.4 is 4.65 Å². The molecule has 0 bridgehead atoms. The van der Waals surface area contributed by atoms with Crippen molar-refractivity contribution in [2.75, 3.05) is 6.61 Å². The van der Waals surface area contributed by atoms with Gasteiger partial charge in [0.15, 0.2) is 0 Å². The number of rotatable bonds is 5. The maximum Gasteiger partial charge on any atom is 0.710 e. The molecule has 0 aliphatic carbocycles. The number of carboxylic acid groups (broad SMARTS) is 1. The van der Waals surface area contributed by atoms with Crippen molar-refractivity contribution in [3.63, 3.8) is 0 Å². The monoisotopic (exact) mass is 210 g/mol. The van der Waals surface area contributed by atoms with Crippen LogP contribution in [0.4, 0.5) is 0 Å². The Hall–Kier alpha value is -1.53. The highest BCUT2D eigenvalue weighted by Crippen LogP contribution is 2.13. The highest BCUT2D eigenvalue weighted by atomic mass is 16.7. The van der Waals surface area contributed by atoms with Gasteiger partial charge in [-0.2, -0.15) is 0 Å². The number of aromatic carboxylic acids is 1. The first-order valence-corrected chi connectivity index (χ1v) is 4.43. The van der Waals surface area contributed by atoms with Gasteiger partial charge in [-0.05, 0) is 25.1 Å². The Bertz CT molecular complexity index is 341. The standard InChI is InChI=1S/C9H11BO5/c1-2-14-10(13)15-8-5-3-4-7(6-8)9(11)12/h3-6,13H,2H2,1H3,(H,11,12). The summed E-state index contributed by atoms with van der Waals surface area (Å²) in [5.74, 6) is -0.804. The van der Waals surface area contributed by atoms with E-state index in [1.807, 2.05) is 0 Å². The van der Waals surface area contributed by atoms with Gasteiger partial charge in [0.2, 0.25) is 0 Å². The minimum atomic E-state index is -1.38. The first kappa shape index (κ1) is 11.5. The molecule has 1 aromatic carbocycles. The minimum Gasteiger partial charge on any atom is -0.512 e. The Morgan fingerprint density at radius 1 is 1.53 bits per heavy atom. The molecule has 2 N–H and O–H groups in total. The number of carbonyl (C=O) groups is 1. The lowest BCUT2D eigenvalue weighted by Crippen LogP contribution is -2.26. The third-order valence-electron chi connectivity index (χ3n) is 1.63. The van der Waals surface area contributed by atoms with Gasteiger partial charge in [-0.3, -0.25) is 0 Å².